The molecule has 0 fully saturated rings. The van der Waals surface area contributed by atoms with E-state index in [4.69, 9.17) is 4.74 Å². The molecule has 4 rings (SSSR count). The van der Waals surface area contributed by atoms with Crippen LogP contribution in [0.1, 0.15) is 22.0 Å². The van der Waals surface area contributed by atoms with Gasteiger partial charge in [-0.3, -0.25) is 0 Å². The highest BCUT2D eigenvalue weighted by molar-refractivity contribution is 5.92. The van der Waals surface area contributed by atoms with Crippen LogP contribution in [-0.4, -0.2) is 22.7 Å². The van der Waals surface area contributed by atoms with Crippen LogP contribution in [0.15, 0.2) is 42.5 Å². The number of phenolic OH excluding ortho intramolecular Hbond substituents is 1. The third-order valence-electron chi connectivity index (χ3n) is 3.19. The Labute approximate surface area is 115 Å². The minimum atomic E-state index is -0.720. The minimum absolute atomic E-state index is 0.0136. The summed E-state index contributed by atoms with van der Waals surface area (Å²) in [5.74, 6) is -0.0734. The lowest BCUT2D eigenvalue weighted by Crippen LogP contribution is -2.15. The number of nitrogens with one attached hydrogen (secondary N) is 1. The second-order valence-electron chi connectivity index (χ2n) is 4.59. The largest absolute Gasteiger partial charge is 0.506 e. The van der Waals surface area contributed by atoms with Crippen LogP contribution < -0.4 is 10.1 Å². The first-order valence-electron chi connectivity index (χ1n) is 6.20. The van der Waals surface area contributed by atoms with E-state index < -0.39 is 12.1 Å². The van der Waals surface area contributed by atoms with Gasteiger partial charge in [-0.2, -0.15) is 0 Å². The van der Waals surface area contributed by atoms with E-state index in [2.05, 4.69) is 5.32 Å². The van der Waals surface area contributed by atoms with E-state index in [1.165, 1.54) is 18.2 Å². The van der Waals surface area contributed by atoms with Crippen molar-refractivity contribution in [2.75, 3.05) is 11.9 Å². The Kier molecular flexibility index (Phi) is 3.04. The van der Waals surface area contributed by atoms with E-state index in [9.17, 15) is 15.0 Å². The van der Waals surface area contributed by atoms with Gasteiger partial charge in [0, 0.05) is 6.54 Å². The van der Waals surface area contributed by atoms with Crippen LogP contribution in [0.25, 0.3) is 0 Å². The third-order valence-corrected chi connectivity index (χ3v) is 3.19. The molecule has 0 saturated carbocycles. The van der Waals surface area contributed by atoms with Gasteiger partial charge in [0.2, 0.25) is 0 Å². The lowest BCUT2D eigenvalue weighted by Gasteiger charge is -2.16. The van der Waals surface area contributed by atoms with Crippen molar-refractivity contribution >= 4 is 11.7 Å². The SMILES string of the molecule is O=C1Oc2ccc(cc2)[C@H](O)CNc2cc1ccc2O. The van der Waals surface area contributed by atoms with Crippen molar-refractivity contribution in [1.82, 2.24) is 0 Å². The molecular weight excluding hydrogens is 258 g/mol. The number of carbonyl (C=O) groups is 1. The standard InChI is InChI=1S/C15H13NO4/c17-13-6-3-10-7-12(13)16-8-14(18)9-1-4-11(5-2-9)20-15(10)19/h1-7,14,16-18H,8H2/t14-/m1/s1. The molecule has 5 nitrogen and oxygen atoms in total. The summed E-state index contributed by atoms with van der Waals surface area (Å²) in [5, 5.41) is 22.7. The molecule has 2 aromatic rings. The lowest BCUT2D eigenvalue weighted by molar-refractivity contribution is 0.0734. The zero-order valence-electron chi connectivity index (χ0n) is 10.5. The second-order valence-corrected chi connectivity index (χ2v) is 4.59. The van der Waals surface area contributed by atoms with Crippen molar-refractivity contribution in [2.45, 2.75) is 6.10 Å². The maximum Gasteiger partial charge on any atom is 0.343 e. The molecule has 20 heavy (non-hydrogen) atoms. The molecule has 2 aliphatic heterocycles. The summed E-state index contributed by atoms with van der Waals surface area (Å²) in [6.45, 7) is 0.228. The normalized spacial score (nSPS) is 17.6. The topological polar surface area (TPSA) is 78.8 Å². The number of aromatic hydroxyl groups is 1. The fraction of sp³-hybridized carbons (Fsp3) is 0.133. The van der Waals surface area contributed by atoms with Gasteiger partial charge in [-0.05, 0) is 35.9 Å². The maximum atomic E-state index is 12.0. The number of rotatable bonds is 0. The predicted octanol–water partition coefficient (Wildman–Crippen LogP) is 2.07. The summed E-state index contributed by atoms with van der Waals surface area (Å²) in [5.41, 5.74) is 1.41. The van der Waals surface area contributed by atoms with Crippen molar-refractivity contribution in [3.05, 3.63) is 53.6 Å². The molecule has 0 unspecified atom stereocenters. The highest BCUT2D eigenvalue weighted by Crippen LogP contribution is 2.27. The van der Waals surface area contributed by atoms with E-state index in [0.717, 1.165) is 0 Å². The first-order chi connectivity index (χ1) is 9.63. The number of hydrogen-bond acceptors (Lipinski definition) is 5. The molecule has 3 N–H and O–H groups in total. The average molecular weight is 271 g/mol. The van der Waals surface area contributed by atoms with E-state index in [0.29, 0.717) is 22.6 Å². The van der Waals surface area contributed by atoms with Crippen LogP contribution in [0.4, 0.5) is 5.69 Å². The van der Waals surface area contributed by atoms with Gasteiger partial charge in [-0.25, -0.2) is 4.79 Å². The monoisotopic (exact) mass is 271 g/mol. The quantitative estimate of drug-likeness (QED) is 0.388. The van der Waals surface area contributed by atoms with Gasteiger partial charge in [-0.15, -0.1) is 0 Å². The summed E-state index contributed by atoms with van der Waals surface area (Å²) < 4.78 is 5.22. The number of carbonyl (C=O) groups excluding carboxylic acids is 1. The van der Waals surface area contributed by atoms with Crippen LogP contribution >= 0.6 is 0 Å². The Morgan fingerprint density at radius 3 is 2.65 bits per heavy atom. The zero-order valence-corrected chi connectivity index (χ0v) is 10.5. The lowest BCUT2D eigenvalue weighted by atomic mass is 10.1. The molecule has 1 atom stereocenters. The summed E-state index contributed by atoms with van der Waals surface area (Å²) in [6, 6.07) is 11.1. The van der Waals surface area contributed by atoms with E-state index in [1.54, 1.807) is 24.3 Å². The average Bonchev–Trinajstić information content (AvgIpc) is 2.45. The summed E-state index contributed by atoms with van der Waals surface area (Å²) >= 11 is 0. The third kappa shape index (κ3) is 2.31. The molecule has 0 saturated heterocycles. The number of benzene rings is 2. The van der Waals surface area contributed by atoms with Crippen molar-refractivity contribution in [2.24, 2.45) is 0 Å². The fourth-order valence-corrected chi connectivity index (χ4v) is 2.05. The number of aliphatic hydroxyl groups excluding tert-OH is 1. The minimum Gasteiger partial charge on any atom is -0.506 e. The summed E-state index contributed by atoms with van der Waals surface area (Å²) in [6.07, 6.45) is -0.720. The molecule has 2 heterocycles. The summed E-state index contributed by atoms with van der Waals surface area (Å²) in [4.78, 5) is 12.0. The fourth-order valence-electron chi connectivity index (χ4n) is 2.05. The van der Waals surface area contributed by atoms with Gasteiger partial charge < -0.3 is 20.3 Å². The molecule has 5 heteroatoms. The van der Waals surface area contributed by atoms with Crippen LogP contribution in [0.5, 0.6) is 11.5 Å². The van der Waals surface area contributed by atoms with Gasteiger partial charge >= 0.3 is 5.97 Å². The molecule has 0 aliphatic carbocycles. The number of ether oxygens (including phenoxy) is 1. The van der Waals surface area contributed by atoms with Gasteiger partial charge in [0.25, 0.3) is 0 Å². The van der Waals surface area contributed by atoms with Crippen molar-refractivity contribution in [3.63, 3.8) is 0 Å². The summed E-state index contributed by atoms with van der Waals surface area (Å²) in [7, 11) is 0. The molecular formula is C15H13NO4. The smallest absolute Gasteiger partial charge is 0.343 e. The molecule has 102 valence electrons. The number of esters is 1. The number of aliphatic hydroxyl groups is 1. The molecule has 2 aromatic carbocycles. The van der Waals surface area contributed by atoms with Crippen LogP contribution in [0.3, 0.4) is 0 Å². The van der Waals surface area contributed by atoms with Crippen molar-refractivity contribution in [1.29, 1.82) is 0 Å². The number of hydrogen-bond donors (Lipinski definition) is 3. The Bertz CT molecular complexity index is 651. The number of phenols is 1. The van der Waals surface area contributed by atoms with Crippen LogP contribution in [0.2, 0.25) is 0 Å². The Balaban J connectivity index is 2.05. The first-order valence-corrected chi connectivity index (χ1v) is 6.20. The van der Waals surface area contributed by atoms with E-state index >= 15 is 0 Å². The van der Waals surface area contributed by atoms with Crippen LogP contribution in [0, 0.1) is 0 Å². The second kappa shape index (κ2) is 4.86. The van der Waals surface area contributed by atoms with E-state index in [1.807, 2.05) is 0 Å². The molecule has 0 radical (unpaired) electrons. The Hall–Kier alpha value is -2.53. The molecule has 0 aromatic heterocycles. The van der Waals surface area contributed by atoms with Crippen molar-refractivity contribution in [3.8, 4) is 11.5 Å². The maximum absolute atomic E-state index is 12.0. The van der Waals surface area contributed by atoms with Gasteiger partial charge in [-0.1, -0.05) is 12.1 Å². The molecule has 4 bridgehead atoms. The Morgan fingerprint density at radius 2 is 1.90 bits per heavy atom. The van der Waals surface area contributed by atoms with Gasteiger partial charge in [0.15, 0.2) is 0 Å². The highest BCUT2D eigenvalue weighted by atomic mass is 16.5. The molecule has 2 aliphatic rings. The first kappa shape index (κ1) is 12.5. The number of anilines is 1. The van der Waals surface area contributed by atoms with Crippen LogP contribution in [-0.2, 0) is 0 Å². The molecule has 0 spiro atoms. The van der Waals surface area contributed by atoms with Gasteiger partial charge in [0.05, 0.1) is 17.4 Å². The van der Waals surface area contributed by atoms with E-state index in [-0.39, 0.29) is 12.3 Å². The highest BCUT2D eigenvalue weighted by Gasteiger charge is 2.15. The number of fused-ring (bicyclic) bond motifs is 5. The van der Waals surface area contributed by atoms with Crippen molar-refractivity contribution < 1.29 is 19.7 Å². The van der Waals surface area contributed by atoms with Gasteiger partial charge in [0.1, 0.15) is 11.5 Å². The molecule has 0 amide bonds. The predicted molar refractivity (Wildman–Crippen MR) is 73.0 cm³/mol. The zero-order chi connectivity index (χ0) is 14.1. The Morgan fingerprint density at radius 1 is 1.15 bits per heavy atom.